The molecule has 0 bridgehead atoms. The second kappa shape index (κ2) is 13.1. The first-order valence-corrected chi connectivity index (χ1v) is 19.6. The molecule has 0 spiro atoms. The van der Waals surface area contributed by atoms with Crippen LogP contribution in [0.1, 0.15) is 131 Å². The van der Waals surface area contributed by atoms with Crippen molar-refractivity contribution in [1.29, 1.82) is 0 Å². The molecule has 0 amide bonds. The lowest BCUT2D eigenvalue weighted by atomic mass is 9.76. The zero-order valence-corrected chi connectivity index (χ0v) is 28.7. The van der Waals surface area contributed by atoms with Crippen molar-refractivity contribution in [3.05, 3.63) is 48.1 Å². The minimum Gasteiger partial charge on any atom is -0.379 e. The molecule has 0 heterocycles. The van der Waals surface area contributed by atoms with Gasteiger partial charge in [-0.1, -0.05) is 69.9 Å². The second-order valence-electron chi connectivity index (χ2n) is 11.8. The molecule has 10 heteroatoms. The van der Waals surface area contributed by atoms with E-state index in [1.54, 1.807) is 45.2 Å². The summed E-state index contributed by atoms with van der Waals surface area (Å²) in [5, 5.41) is 0. The number of rotatable bonds is 7. The minimum absolute atomic E-state index is 0.0572. The highest BCUT2D eigenvalue weighted by Gasteiger charge is 2.35. The maximum Gasteiger partial charge on any atom is 0.339 e. The van der Waals surface area contributed by atoms with Crippen LogP contribution in [-0.4, -0.2) is 21.4 Å². The first-order valence-electron chi connectivity index (χ1n) is 14.6. The third kappa shape index (κ3) is 7.02. The quantitative estimate of drug-likeness (QED) is 0.170. The van der Waals surface area contributed by atoms with E-state index in [-0.39, 0.29) is 29.6 Å². The normalized spacial score (nSPS) is 20.5. The average molecular weight is 813 g/mol. The van der Waals surface area contributed by atoms with Gasteiger partial charge >= 0.3 is 10.1 Å². The highest BCUT2D eigenvalue weighted by atomic mass is 127. The van der Waals surface area contributed by atoms with Crippen molar-refractivity contribution in [2.24, 2.45) is 0 Å². The molecule has 3 aliphatic rings. The summed E-state index contributed by atoms with van der Waals surface area (Å²) in [7, 11) is -8.68. The lowest BCUT2D eigenvalue weighted by Gasteiger charge is -2.32. The van der Waals surface area contributed by atoms with E-state index in [1.165, 1.54) is 49.8 Å². The molecule has 3 aliphatic carbocycles. The van der Waals surface area contributed by atoms with Gasteiger partial charge in [-0.15, -0.1) is 0 Å². The van der Waals surface area contributed by atoms with Crippen molar-refractivity contribution >= 4 is 65.4 Å². The summed E-state index contributed by atoms with van der Waals surface area (Å²) >= 11 is 3.59. The van der Waals surface area contributed by atoms with Gasteiger partial charge in [-0.3, -0.25) is 4.55 Å². The van der Waals surface area contributed by atoms with Crippen molar-refractivity contribution in [3.63, 3.8) is 0 Å². The zero-order valence-electron chi connectivity index (χ0n) is 22.7. The monoisotopic (exact) mass is 812 g/mol. The summed E-state index contributed by atoms with van der Waals surface area (Å²) in [6.45, 7) is 0. The predicted octanol–water partition coefficient (Wildman–Crippen LogP) is 9.05. The van der Waals surface area contributed by atoms with E-state index >= 15 is 0 Å². The van der Waals surface area contributed by atoms with Crippen LogP contribution < -0.4 is 4.18 Å². The van der Waals surface area contributed by atoms with Gasteiger partial charge in [0.05, 0.1) is 0 Å². The van der Waals surface area contributed by atoms with Crippen LogP contribution in [0.5, 0.6) is 5.75 Å². The smallest absolute Gasteiger partial charge is 0.339 e. The molecule has 0 unspecified atom stereocenters. The summed E-state index contributed by atoms with van der Waals surface area (Å²) in [6, 6.07) is 7.17. The van der Waals surface area contributed by atoms with Crippen molar-refractivity contribution in [1.82, 2.24) is 0 Å². The molecule has 40 heavy (non-hydrogen) atoms. The van der Waals surface area contributed by atoms with Crippen LogP contribution in [0.2, 0.25) is 0 Å². The Labute approximate surface area is 266 Å². The maximum absolute atomic E-state index is 14.3. The van der Waals surface area contributed by atoms with Crippen LogP contribution in [0.25, 0.3) is 0 Å². The van der Waals surface area contributed by atoms with Gasteiger partial charge in [-0.25, -0.2) is 0 Å². The van der Waals surface area contributed by atoms with Crippen LogP contribution in [0.15, 0.2) is 34.1 Å². The average Bonchev–Trinajstić information content (AvgIpc) is 2.92. The first kappa shape index (κ1) is 31.0. The first-order chi connectivity index (χ1) is 19.0. The van der Waals surface area contributed by atoms with Crippen LogP contribution in [-0.2, 0) is 20.2 Å². The lowest BCUT2D eigenvalue weighted by molar-refractivity contribution is 0.414. The van der Waals surface area contributed by atoms with E-state index in [0.29, 0.717) is 10.8 Å². The van der Waals surface area contributed by atoms with Gasteiger partial charge in [-0.05, 0) is 130 Å². The molecule has 2 aromatic carbocycles. The Kier molecular flexibility index (Phi) is 10.1. The summed E-state index contributed by atoms with van der Waals surface area (Å²) in [5.74, 6) is 0.916. The van der Waals surface area contributed by atoms with Gasteiger partial charge in [-0.2, -0.15) is 16.8 Å². The molecule has 6 nitrogen and oxygen atoms in total. The van der Waals surface area contributed by atoms with Crippen molar-refractivity contribution in [3.8, 4) is 5.75 Å². The summed E-state index contributed by atoms with van der Waals surface area (Å²) in [6.07, 6.45) is 16.8. The Balaban J connectivity index is 1.65. The van der Waals surface area contributed by atoms with E-state index in [0.717, 1.165) is 75.3 Å². The molecule has 0 aliphatic heterocycles. The maximum atomic E-state index is 14.3. The third-order valence-corrected chi connectivity index (χ3v) is 13.8. The highest BCUT2D eigenvalue weighted by Crippen LogP contribution is 2.46. The fraction of sp³-hybridized carbons (Fsp3) is 0.600. The topological polar surface area (TPSA) is 97.7 Å². The van der Waals surface area contributed by atoms with E-state index in [1.807, 2.05) is 0 Å². The van der Waals surface area contributed by atoms with E-state index in [2.05, 4.69) is 12.1 Å². The van der Waals surface area contributed by atoms with Gasteiger partial charge in [0.15, 0.2) is 0 Å². The van der Waals surface area contributed by atoms with Crippen LogP contribution in [0.3, 0.4) is 0 Å². The van der Waals surface area contributed by atoms with Crippen LogP contribution in [0, 0.1) is 7.14 Å². The number of benzene rings is 2. The molecule has 3 fully saturated rings. The minimum atomic E-state index is -4.45. The molecule has 220 valence electrons. The molecule has 0 aromatic heterocycles. The number of halogens is 2. The Hall–Kier alpha value is -0.440. The molecule has 5 rings (SSSR count). The second-order valence-corrected chi connectivity index (χ2v) is 16.9. The Morgan fingerprint density at radius 2 is 1.00 bits per heavy atom. The Morgan fingerprint density at radius 3 is 1.40 bits per heavy atom. The molecule has 2 aromatic rings. The Morgan fingerprint density at radius 1 is 0.600 bits per heavy atom. The third-order valence-electron chi connectivity index (χ3n) is 9.02. The van der Waals surface area contributed by atoms with Crippen LogP contribution >= 0.6 is 45.2 Å². The van der Waals surface area contributed by atoms with Crippen molar-refractivity contribution < 1.29 is 25.6 Å². The van der Waals surface area contributed by atoms with Crippen molar-refractivity contribution in [2.75, 3.05) is 0 Å². The summed E-state index contributed by atoms with van der Waals surface area (Å²) in [5.41, 5.74) is 3.17. The molecule has 0 atom stereocenters. The van der Waals surface area contributed by atoms with Gasteiger partial charge in [0, 0.05) is 7.14 Å². The standard InChI is InChI=1S/C30H38I2O6S2/c31-27-18-24(19-28(32)30(27)39(33,34)35)38-40(36,37)29-25(21-12-6-2-7-13-21)16-23(20-10-4-1-5-11-20)17-26(29)22-14-8-3-9-15-22/h16-22H,1-15H2,(H,33,34,35). The van der Waals surface area contributed by atoms with Crippen molar-refractivity contribution in [2.45, 2.75) is 124 Å². The SMILES string of the molecule is O=S(=O)(O)c1c(I)cc(OS(=O)(=O)c2c(C3CCCCC3)cc(C3CCCCC3)cc2C2CCCCC2)cc1I. The zero-order chi connectivity index (χ0) is 28.5. The lowest BCUT2D eigenvalue weighted by Crippen LogP contribution is -2.21. The van der Waals surface area contributed by atoms with E-state index < -0.39 is 20.2 Å². The fourth-order valence-corrected chi connectivity index (χ4v) is 12.5. The number of hydrogen-bond acceptors (Lipinski definition) is 5. The van der Waals surface area contributed by atoms with Crippen LogP contribution in [0.4, 0.5) is 0 Å². The molecule has 1 N–H and O–H groups in total. The fourth-order valence-electron chi connectivity index (χ4n) is 7.09. The largest absolute Gasteiger partial charge is 0.379 e. The molecule has 3 saturated carbocycles. The molecular weight excluding hydrogens is 774 g/mol. The predicted molar refractivity (Wildman–Crippen MR) is 173 cm³/mol. The number of hydrogen-bond donors (Lipinski definition) is 1. The van der Waals surface area contributed by atoms with E-state index in [4.69, 9.17) is 4.18 Å². The molecular formula is C30H38I2O6S2. The highest BCUT2D eigenvalue weighted by molar-refractivity contribution is 14.1. The van der Waals surface area contributed by atoms with Gasteiger partial charge in [0.25, 0.3) is 10.1 Å². The van der Waals surface area contributed by atoms with Gasteiger partial charge in [0.2, 0.25) is 0 Å². The summed E-state index contributed by atoms with van der Waals surface area (Å²) in [4.78, 5) is 0.121. The van der Waals surface area contributed by atoms with Gasteiger partial charge < -0.3 is 4.18 Å². The molecule has 0 radical (unpaired) electrons. The summed E-state index contributed by atoms with van der Waals surface area (Å²) < 4.78 is 68.3. The van der Waals surface area contributed by atoms with E-state index in [9.17, 15) is 21.4 Å². The van der Waals surface area contributed by atoms with Gasteiger partial charge in [0.1, 0.15) is 15.5 Å². The molecule has 0 saturated heterocycles. The Bertz CT molecular complexity index is 1370.